The van der Waals surface area contributed by atoms with E-state index in [-0.39, 0.29) is 0 Å². The van der Waals surface area contributed by atoms with Crippen LogP contribution in [0.25, 0.3) is 0 Å². The standard InChI is InChI=1S/C11H23B.C2H6/c1-7-8(2)10(4)12(6)11(5)9(7)3;1-2/h7-11H,1-6H3;1-2H3. The first-order valence-electron chi connectivity index (χ1n) is 6.46. The van der Waals surface area contributed by atoms with Crippen molar-refractivity contribution in [2.24, 2.45) is 17.8 Å². The molecule has 84 valence electrons. The Hall–Kier alpha value is 0.0649. The molecule has 1 saturated heterocycles. The van der Waals surface area contributed by atoms with Crippen molar-refractivity contribution in [3.05, 3.63) is 0 Å². The first-order chi connectivity index (χ1) is 6.46. The minimum atomic E-state index is 0.909. The predicted octanol–water partition coefficient (Wildman–Crippen LogP) is 4.84. The topological polar surface area (TPSA) is 0 Å². The minimum absolute atomic E-state index is 0.909. The Labute approximate surface area is 91.9 Å². The molecule has 4 unspecified atom stereocenters. The lowest BCUT2D eigenvalue weighted by Crippen LogP contribution is -2.40. The molecular weight excluding hydrogens is 167 g/mol. The van der Waals surface area contributed by atoms with Gasteiger partial charge >= 0.3 is 0 Å². The molecule has 1 heteroatoms. The van der Waals surface area contributed by atoms with E-state index in [1.807, 2.05) is 13.8 Å². The Kier molecular flexibility index (Phi) is 5.85. The third-order valence-corrected chi connectivity index (χ3v) is 4.98. The summed E-state index contributed by atoms with van der Waals surface area (Å²) >= 11 is 0. The summed E-state index contributed by atoms with van der Waals surface area (Å²) in [5, 5.41) is 0. The first kappa shape index (κ1) is 14.1. The van der Waals surface area contributed by atoms with Gasteiger partial charge in [0.05, 0.1) is 0 Å². The zero-order valence-corrected chi connectivity index (χ0v) is 11.5. The van der Waals surface area contributed by atoms with E-state index >= 15 is 0 Å². The van der Waals surface area contributed by atoms with E-state index in [0.717, 1.165) is 36.1 Å². The van der Waals surface area contributed by atoms with Crippen LogP contribution in [0.4, 0.5) is 0 Å². The summed E-state index contributed by atoms with van der Waals surface area (Å²) in [6.07, 6.45) is 0. The van der Waals surface area contributed by atoms with Crippen LogP contribution in [0.15, 0.2) is 0 Å². The van der Waals surface area contributed by atoms with Gasteiger partial charge in [-0.25, -0.2) is 0 Å². The van der Waals surface area contributed by atoms with E-state index in [2.05, 4.69) is 41.4 Å². The average Bonchev–Trinajstić information content (AvgIpc) is 2.24. The quantitative estimate of drug-likeness (QED) is 0.486. The first-order valence-corrected chi connectivity index (χ1v) is 6.46. The van der Waals surface area contributed by atoms with Crippen molar-refractivity contribution < 1.29 is 0 Å². The number of rotatable bonds is 0. The van der Waals surface area contributed by atoms with Crippen molar-refractivity contribution in [3.63, 3.8) is 0 Å². The summed E-state index contributed by atoms with van der Waals surface area (Å²) in [4.78, 5) is 0. The summed E-state index contributed by atoms with van der Waals surface area (Å²) in [7, 11) is 0. The van der Waals surface area contributed by atoms with Gasteiger partial charge in [-0.2, -0.15) is 0 Å². The molecule has 0 aromatic carbocycles. The Bertz CT molecular complexity index is 96.8. The fourth-order valence-electron chi connectivity index (χ4n) is 2.87. The van der Waals surface area contributed by atoms with Crippen molar-refractivity contribution in [2.45, 2.75) is 66.9 Å². The maximum absolute atomic E-state index is 2.42. The Balaban J connectivity index is 0.000000791. The van der Waals surface area contributed by atoms with Crippen LogP contribution in [-0.4, -0.2) is 6.71 Å². The molecule has 0 N–H and O–H groups in total. The molecule has 1 fully saturated rings. The number of hydrogen-bond acceptors (Lipinski definition) is 0. The van der Waals surface area contributed by atoms with Crippen LogP contribution in [0.5, 0.6) is 0 Å². The second kappa shape index (κ2) is 5.83. The molecule has 14 heavy (non-hydrogen) atoms. The van der Waals surface area contributed by atoms with Gasteiger partial charge in [-0.15, -0.1) is 0 Å². The van der Waals surface area contributed by atoms with Gasteiger partial charge in [-0.3, -0.25) is 0 Å². The van der Waals surface area contributed by atoms with Gasteiger partial charge in [0, 0.05) is 0 Å². The zero-order chi connectivity index (χ0) is 11.5. The van der Waals surface area contributed by atoms with Crippen molar-refractivity contribution >= 4 is 6.71 Å². The SMILES string of the molecule is CB1C(C)C(C)C(C)C(C)C1C.CC. The van der Waals surface area contributed by atoms with Crippen molar-refractivity contribution in [1.29, 1.82) is 0 Å². The second-order valence-corrected chi connectivity index (χ2v) is 5.15. The summed E-state index contributed by atoms with van der Waals surface area (Å²) in [6.45, 7) is 19.5. The van der Waals surface area contributed by atoms with E-state index in [9.17, 15) is 0 Å². The molecule has 0 nitrogen and oxygen atoms in total. The molecular formula is C13H29B. The fraction of sp³-hybridized carbons (Fsp3) is 1.00. The lowest BCUT2D eigenvalue weighted by Gasteiger charge is -2.44. The van der Waals surface area contributed by atoms with Gasteiger partial charge in [0.15, 0.2) is 0 Å². The van der Waals surface area contributed by atoms with Gasteiger partial charge < -0.3 is 0 Å². The van der Waals surface area contributed by atoms with Crippen LogP contribution in [-0.2, 0) is 0 Å². The van der Waals surface area contributed by atoms with Gasteiger partial charge in [-0.1, -0.05) is 66.9 Å². The van der Waals surface area contributed by atoms with Gasteiger partial charge in [0.1, 0.15) is 6.71 Å². The lowest BCUT2D eigenvalue weighted by molar-refractivity contribution is 0.238. The summed E-state index contributed by atoms with van der Waals surface area (Å²) in [5.74, 6) is 4.54. The summed E-state index contributed by atoms with van der Waals surface area (Å²) in [5.41, 5.74) is 0. The monoisotopic (exact) mass is 196 g/mol. The fourth-order valence-corrected chi connectivity index (χ4v) is 2.87. The van der Waals surface area contributed by atoms with Crippen LogP contribution in [0, 0.1) is 17.8 Å². The molecule has 1 heterocycles. The Morgan fingerprint density at radius 3 is 1.21 bits per heavy atom. The predicted molar refractivity (Wildman–Crippen MR) is 69.3 cm³/mol. The molecule has 0 saturated carbocycles. The molecule has 0 aliphatic carbocycles. The molecule has 1 rings (SSSR count). The van der Waals surface area contributed by atoms with Gasteiger partial charge in [0.25, 0.3) is 0 Å². The Morgan fingerprint density at radius 2 is 0.929 bits per heavy atom. The largest absolute Gasteiger partial charge is 0.143 e. The molecule has 1 aliphatic heterocycles. The highest BCUT2D eigenvalue weighted by Gasteiger charge is 2.40. The summed E-state index contributed by atoms with van der Waals surface area (Å²) < 4.78 is 0. The highest BCUT2D eigenvalue weighted by atomic mass is 14.3. The highest BCUT2D eigenvalue weighted by molar-refractivity contribution is 6.60. The second-order valence-electron chi connectivity index (χ2n) is 5.15. The molecule has 1 aliphatic rings. The molecule has 0 spiro atoms. The van der Waals surface area contributed by atoms with E-state index < -0.39 is 0 Å². The van der Waals surface area contributed by atoms with Crippen LogP contribution >= 0.6 is 0 Å². The zero-order valence-electron chi connectivity index (χ0n) is 11.5. The van der Waals surface area contributed by atoms with Crippen molar-refractivity contribution in [2.75, 3.05) is 0 Å². The molecule has 4 atom stereocenters. The van der Waals surface area contributed by atoms with Gasteiger partial charge in [0.2, 0.25) is 0 Å². The van der Waals surface area contributed by atoms with Crippen molar-refractivity contribution in [1.82, 2.24) is 0 Å². The van der Waals surface area contributed by atoms with Crippen LogP contribution in [0.1, 0.15) is 48.5 Å². The average molecular weight is 196 g/mol. The third kappa shape index (κ3) is 2.55. The minimum Gasteiger partial charge on any atom is -0.0856 e. The summed E-state index contributed by atoms with van der Waals surface area (Å²) in [6, 6.07) is 0. The smallest absolute Gasteiger partial charge is 0.0856 e. The van der Waals surface area contributed by atoms with E-state index in [1.165, 1.54) is 0 Å². The normalized spacial score (nSPS) is 42.9. The molecule has 0 amide bonds. The number of hydrogen-bond donors (Lipinski definition) is 0. The third-order valence-electron chi connectivity index (χ3n) is 4.98. The Morgan fingerprint density at radius 1 is 0.643 bits per heavy atom. The van der Waals surface area contributed by atoms with Crippen LogP contribution in [0.2, 0.25) is 18.5 Å². The molecule has 0 aromatic rings. The lowest BCUT2D eigenvalue weighted by atomic mass is 9.28. The van der Waals surface area contributed by atoms with Gasteiger partial charge in [-0.05, 0) is 17.8 Å². The molecule has 0 aromatic heterocycles. The van der Waals surface area contributed by atoms with E-state index in [4.69, 9.17) is 0 Å². The molecule has 0 radical (unpaired) electrons. The van der Waals surface area contributed by atoms with E-state index in [0.29, 0.717) is 0 Å². The van der Waals surface area contributed by atoms with Crippen LogP contribution < -0.4 is 0 Å². The van der Waals surface area contributed by atoms with Crippen LogP contribution in [0.3, 0.4) is 0 Å². The van der Waals surface area contributed by atoms with E-state index in [1.54, 1.807) is 0 Å². The highest BCUT2D eigenvalue weighted by Crippen LogP contribution is 2.46. The van der Waals surface area contributed by atoms with Crippen molar-refractivity contribution in [3.8, 4) is 0 Å². The maximum Gasteiger partial charge on any atom is 0.143 e. The maximum atomic E-state index is 2.42. The molecule has 0 bridgehead atoms.